The number of carbonyl (C=O) groups excluding carboxylic acids is 2. The molecule has 5 heteroatoms. The van der Waals surface area contributed by atoms with E-state index < -0.39 is 5.97 Å². The van der Waals surface area contributed by atoms with E-state index >= 15 is 0 Å². The van der Waals surface area contributed by atoms with Crippen molar-refractivity contribution in [2.24, 2.45) is 0 Å². The smallest absolute Gasteiger partial charge is 0.341 e. The van der Waals surface area contributed by atoms with Crippen LogP contribution in [0, 0.1) is 13.8 Å². The van der Waals surface area contributed by atoms with Crippen LogP contribution in [-0.2, 0) is 4.74 Å². The molecule has 0 saturated carbocycles. The highest BCUT2D eigenvalue weighted by molar-refractivity contribution is 5.96. The van der Waals surface area contributed by atoms with Crippen molar-refractivity contribution < 1.29 is 14.3 Å². The van der Waals surface area contributed by atoms with Crippen molar-refractivity contribution in [2.45, 2.75) is 26.7 Å². The Morgan fingerprint density at radius 2 is 1.59 bits per heavy atom. The largest absolute Gasteiger partial charge is 0.462 e. The van der Waals surface area contributed by atoms with Gasteiger partial charge in [0.25, 0.3) is 0 Å². The topological polar surface area (TPSA) is 61.2 Å². The Hall–Kier alpha value is -3.21. The van der Waals surface area contributed by atoms with Crippen LogP contribution in [0.25, 0.3) is 5.69 Å². The number of para-hydroxylation sites is 1. The lowest BCUT2D eigenvalue weighted by Crippen LogP contribution is -2.10. The summed E-state index contributed by atoms with van der Waals surface area (Å²) in [6.45, 7) is 3.84. The van der Waals surface area contributed by atoms with E-state index in [-0.39, 0.29) is 12.4 Å². The van der Waals surface area contributed by atoms with Crippen LogP contribution in [0.1, 0.15) is 44.9 Å². The first-order chi connectivity index (χ1) is 13.1. The molecule has 5 nitrogen and oxygen atoms in total. The van der Waals surface area contributed by atoms with Gasteiger partial charge in [0.2, 0.25) is 0 Å². The van der Waals surface area contributed by atoms with Crippen LogP contribution in [0.5, 0.6) is 0 Å². The minimum atomic E-state index is -0.403. The number of hydrogen-bond acceptors (Lipinski definition) is 4. The molecule has 1 aromatic heterocycles. The number of rotatable bonds is 7. The summed E-state index contributed by atoms with van der Waals surface area (Å²) in [4.78, 5) is 24.6. The fourth-order valence-electron chi connectivity index (χ4n) is 3.00. The van der Waals surface area contributed by atoms with E-state index in [0.717, 1.165) is 11.4 Å². The summed E-state index contributed by atoms with van der Waals surface area (Å²) in [5.74, 6) is -0.352. The van der Waals surface area contributed by atoms with Gasteiger partial charge in [0.05, 0.1) is 23.7 Å². The Labute approximate surface area is 158 Å². The second-order valence-corrected chi connectivity index (χ2v) is 6.32. The molecular weight excluding hydrogens is 340 g/mol. The molecule has 27 heavy (non-hydrogen) atoms. The predicted molar refractivity (Wildman–Crippen MR) is 103 cm³/mol. The van der Waals surface area contributed by atoms with Gasteiger partial charge in [-0.3, -0.25) is 4.79 Å². The summed E-state index contributed by atoms with van der Waals surface area (Å²) in [6, 6.07) is 18.8. The molecule has 0 aliphatic heterocycles. The molecule has 3 aromatic rings. The normalized spacial score (nSPS) is 10.6. The molecule has 0 aliphatic carbocycles. The maximum atomic E-state index is 12.5. The minimum absolute atomic E-state index is 0.0518. The van der Waals surface area contributed by atoms with Gasteiger partial charge in [-0.1, -0.05) is 48.5 Å². The molecule has 3 rings (SSSR count). The molecule has 0 spiro atoms. The first-order valence-electron chi connectivity index (χ1n) is 8.95. The summed E-state index contributed by atoms with van der Waals surface area (Å²) in [5.41, 5.74) is 3.42. The third-order valence-electron chi connectivity index (χ3n) is 4.37. The van der Waals surface area contributed by atoms with E-state index in [1.54, 1.807) is 23.7 Å². The fourth-order valence-corrected chi connectivity index (χ4v) is 3.00. The minimum Gasteiger partial charge on any atom is -0.462 e. The highest BCUT2D eigenvalue weighted by Crippen LogP contribution is 2.19. The van der Waals surface area contributed by atoms with Gasteiger partial charge >= 0.3 is 5.97 Å². The van der Waals surface area contributed by atoms with Gasteiger partial charge in [-0.15, -0.1) is 0 Å². The van der Waals surface area contributed by atoms with Crippen LogP contribution < -0.4 is 0 Å². The number of aryl methyl sites for hydroxylation is 1. The summed E-state index contributed by atoms with van der Waals surface area (Å²) >= 11 is 0. The molecule has 0 saturated heterocycles. The van der Waals surface area contributed by atoms with E-state index in [4.69, 9.17) is 4.74 Å². The van der Waals surface area contributed by atoms with E-state index in [1.165, 1.54) is 0 Å². The lowest BCUT2D eigenvalue weighted by Gasteiger charge is -2.06. The van der Waals surface area contributed by atoms with Crippen LogP contribution in [0.2, 0.25) is 0 Å². The van der Waals surface area contributed by atoms with Crippen molar-refractivity contribution in [2.75, 3.05) is 6.61 Å². The van der Waals surface area contributed by atoms with E-state index in [9.17, 15) is 9.59 Å². The monoisotopic (exact) mass is 362 g/mol. The van der Waals surface area contributed by atoms with Crippen LogP contribution in [0.4, 0.5) is 0 Å². The molecule has 0 N–H and O–H groups in total. The molecule has 0 unspecified atom stereocenters. The van der Waals surface area contributed by atoms with Crippen LogP contribution in [-0.4, -0.2) is 28.1 Å². The molecule has 0 amide bonds. The second-order valence-electron chi connectivity index (χ2n) is 6.32. The lowest BCUT2D eigenvalue weighted by molar-refractivity contribution is 0.0492. The maximum Gasteiger partial charge on any atom is 0.341 e. The molecule has 1 heterocycles. The Balaban J connectivity index is 1.59. The van der Waals surface area contributed by atoms with E-state index in [2.05, 4.69) is 5.10 Å². The first-order valence-corrected chi connectivity index (χ1v) is 8.95. The SMILES string of the molecule is Cc1nn(-c2ccccc2)c(C)c1C(=O)OCCCC(=O)c1ccccc1. The maximum absolute atomic E-state index is 12.5. The fraction of sp³-hybridized carbons (Fsp3) is 0.227. The first kappa shape index (κ1) is 18.6. The summed E-state index contributed by atoms with van der Waals surface area (Å²) in [5, 5.41) is 4.46. The van der Waals surface area contributed by atoms with Crippen molar-refractivity contribution in [1.82, 2.24) is 9.78 Å². The number of benzene rings is 2. The Morgan fingerprint density at radius 1 is 0.963 bits per heavy atom. The Kier molecular flexibility index (Phi) is 5.81. The molecule has 138 valence electrons. The van der Waals surface area contributed by atoms with Gasteiger partial charge in [0.1, 0.15) is 5.56 Å². The van der Waals surface area contributed by atoms with Gasteiger partial charge in [-0.05, 0) is 32.4 Å². The quantitative estimate of drug-likeness (QED) is 0.357. The molecule has 0 radical (unpaired) electrons. The van der Waals surface area contributed by atoms with Gasteiger partial charge in [-0.2, -0.15) is 5.10 Å². The number of carbonyl (C=O) groups is 2. The van der Waals surface area contributed by atoms with Crippen LogP contribution >= 0.6 is 0 Å². The molecule has 0 fully saturated rings. The highest BCUT2D eigenvalue weighted by atomic mass is 16.5. The zero-order valence-corrected chi connectivity index (χ0v) is 15.5. The summed E-state index contributed by atoms with van der Waals surface area (Å²) < 4.78 is 7.12. The van der Waals surface area contributed by atoms with Crippen LogP contribution in [0.3, 0.4) is 0 Å². The third-order valence-corrected chi connectivity index (χ3v) is 4.37. The van der Waals surface area contributed by atoms with Gasteiger partial charge < -0.3 is 4.74 Å². The van der Waals surface area contributed by atoms with Crippen molar-refractivity contribution in [3.05, 3.63) is 83.2 Å². The van der Waals surface area contributed by atoms with Crippen molar-refractivity contribution in [3.8, 4) is 5.69 Å². The number of ketones is 1. The van der Waals surface area contributed by atoms with Gasteiger partial charge in [0, 0.05) is 12.0 Å². The molecule has 0 bridgehead atoms. The highest BCUT2D eigenvalue weighted by Gasteiger charge is 2.20. The zero-order chi connectivity index (χ0) is 19.2. The van der Waals surface area contributed by atoms with E-state index in [0.29, 0.717) is 29.7 Å². The van der Waals surface area contributed by atoms with Crippen molar-refractivity contribution >= 4 is 11.8 Å². The van der Waals surface area contributed by atoms with Crippen molar-refractivity contribution in [3.63, 3.8) is 0 Å². The third kappa shape index (κ3) is 4.31. The average Bonchev–Trinajstić information content (AvgIpc) is 3.00. The predicted octanol–water partition coefficient (Wildman–Crippen LogP) is 4.31. The molecule has 0 aliphatic rings. The number of hydrogen-bond donors (Lipinski definition) is 0. The number of aromatic nitrogens is 2. The Bertz CT molecular complexity index is 931. The lowest BCUT2D eigenvalue weighted by atomic mass is 10.1. The van der Waals surface area contributed by atoms with Crippen LogP contribution in [0.15, 0.2) is 60.7 Å². The standard InChI is InChI=1S/C22H22N2O3/c1-16-21(17(2)24(23-16)19-12-7-4-8-13-19)22(26)27-15-9-14-20(25)18-10-5-3-6-11-18/h3-8,10-13H,9,14-15H2,1-2H3. The number of ether oxygens (including phenoxy) is 1. The number of Topliss-reactive ketones (excluding diaryl/α,β-unsaturated/α-hetero) is 1. The number of nitrogens with zero attached hydrogens (tertiary/aromatic N) is 2. The Morgan fingerprint density at radius 3 is 2.26 bits per heavy atom. The van der Waals surface area contributed by atoms with Crippen molar-refractivity contribution in [1.29, 1.82) is 0 Å². The van der Waals surface area contributed by atoms with E-state index in [1.807, 2.05) is 55.5 Å². The molecule has 0 atom stereocenters. The molecule has 2 aromatic carbocycles. The van der Waals surface area contributed by atoms with Gasteiger partial charge in [0.15, 0.2) is 5.78 Å². The summed E-state index contributed by atoms with van der Waals surface area (Å²) in [7, 11) is 0. The summed E-state index contributed by atoms with van der Waals surface area (Å²) in [6.07, 6.45) is 0.836. The number of esters is 1. The average molecular weight is 362 g/mol. The zero-order valence-electron chi connectivity index (χ0n) is 15.5. The second kappa shape index (κ2) is 8.45. The molecular formula is C22H22N2O3. The van der Waals surface area contributed by atoms with Gasteiger partial charge in [-0.25, -0.2) is 9.48 Å².